The number of furan rings is 1. The molecule has 1 aliphatic rings. The molecule has 0 bridgehead atoms. The molecule has 7 nitrogen and oxygen atoms in total. The third-order valence-electron chi connectivity index (χ3n) is 5.66. The smallest absolute Gasteiger partial charge is 0.174 e. The minimum Gasteiger partial charge on any atom is -0.468 e. The second-order valence-corrected chi connectivity index (χ2v) is 8.66. The lowest BCUT2D eigenvalue weighted by atomic mass is 10.1. The van der Waals surface area contributed by atoms with Crippen LogP contribution in [0.2, 0.25) is 0 Å². The first kappa shape index (κ1) is 19.1. The van der Waals surface area contributed by atoms with E-state index in [1.54, 1.807) is 23.8 Å². The van der Waals surface area contributed by atoms with Gasteiger partial charge >= 0.3 is 0 Å². The van der Waals surface area contributed by atoms with E-state index in [9.17, 15) is 0 Å². The minimum absolute atomic E-state index is 0.0640. The molecule has 0 spiro atoms. The van der Waals surface area contributed by atoms with Crippen LogP contribution in [0, 0.1) is 0 Å². The largest absolute Gasteiger partial charge is 0.468 e. The molecule has 0 aromatic carbocycles. The van der Waals surface area contributed by atoms with Crippen LogP contribution in [0.3, 0.4) is 0 Å². The molecule has 0 radical (unpaired) electrons. The number of aromatic nitrogens is 5. The van der Waals surface area contributed by atoms with Gasteiger partial charge in [-0.3, -0.25) is 9.88 Å². The molecule has 1 atom stereocenters. The molecule has 30 heavy (non-hydrogen) atoms. The minimum atomic E-state index is -0.0640. The average Bonchev–Trinajstić information content (AvgIpc) is 3.56. The van der Waals surface area contributed by atoms with Gasteiger partial charge in [0, 0.05) is 23.8 Å². The van der Waals surface area contributed by atoms with Gasteiger partial charge in [-0.05, 0) is 58.5 Å². The Bertz CT molecular complexity index is 1020. The van der Waals surface area contributed by atoms with E-state index in [2.05, 4.69) is 53.7 Å². The maximum Gasteiger partial charge on any atom is 0.174 e. The highest BCUT2D eigenvalue weighted by atomic mass is 32.1. The van der Waals surface area contributed by atoms with E-state index in [4.69, 9.17) is 4.42 Å². The van der Waals surface area contributed by atoms with Crippen molar-refractivity contribution in [2.24, 2.45) is 0 Å². The summed E-state index contributed by atoms with van der Waals surface area (Å²) in [5.41, 5.74) is 1.14. The van der Waals surface area contributed by atoms with E-state index in [-0.39, 0.29) is 6.04 Å². The lowest BCUT2D eigenvalue weighted by Crippen LogP contribution is -2.31. The summed E-state index contributed by atoms with van der Waals surface area (Å²) in [6, 6.07) is 12.6. The van der Waals surface area contributed by atoms with Crippen LogP contribution in [-0.2, 0) is 13.1 Å². The molecule has 0 amide bonds. The lowest BCUT2D eigenvalue weighted by Gasteiger charge is -2.30. The topological polar surface area (TPSA) is 72.9 Å². The van der Waals surface area contributed by atoms with Crippen molar-refractivity contribution in [3.63, 3.8) is 0 Å². The standard InChI is InChI=1S/C22H24N6OS/c1-2-8-18(7-1)28-22(24-25-26-28)21(20-10-5-13-30-20)27(16-19-9-4-12-29-19)15-17-6-3-11-23-14-17/h3-6,9-14,18,21H,1-2,7-8,15-16H2/t21-/m0/s1. The summed E-state index contributed by atoms with van der Waals surface area (Å²) in [6.07, 6.45) is 10.2. The average molecular weight is 421 g/mol. The predicted molar refractivity (Wildman–Crippen MR) is 114 cm³/mol. The molecule has 4 aromatic heterocycles. The summed E-state index contributed by atoms with van der Waals surface area (Å²) in [5.74, 6) is 1.82. The predicted octanol–water partition coefficient (Wildman–Crippen LogP) is 4.63. The van der Waals surface area contributed by atoms with Gasteiger partial charge in [0.15, 0.2) is 5.82 Å². The molecule has 0 aliphatic heterocycles. The van der Waals surface area contributed by atoms with E-state index < -0.39 is 0 Å². The summed E-state index contributed by atoms with van der Waals surface area (Å²) >= 11 is 1.74. The Labute approximate surface area is 179 Å². The van der Waals surface area contributed by atoms with Crippen LogP contribution in [0.5, 0.6) is 0 Å². The van der Waals surface area contributed by atoms with Gasteiger partial charge in [-0.25, -0.2) is 4.68 Å². The summed E-state index contributed by atoms with van der Waals surface area (Å²) in [6.45, 7) is 1.37. The Morgan fingerprint density at radius 1 is 1.13 bits per heavy atom. The molecular weight excluding hydrogens is 396 g/mol. The highest BCUT2D eigenvalue weighted by Gasteiger charge is 2.32. The Morgan fingerprint density at radius 3 is 2.80 bits per heavy atom. The van der Waals surface area contributed by atoms with E-state index in [0.717, 1.165) is 30.0 Å². The SMILES string of the molecule is c1cncc(CN(Cc2ccco2)[C@@H](c2cccs2)c2nnnn2C2CCCC2)c1. The first-order chi connectivity index (χ1) is 14.9. The monoisotopic (exact) mass is 420 g/mol. The van der Waals surface area contributed by atoms with Gasteiger partial charge in [0.25, 0.3) is 0 Å². The second-order valence-electron chi connectivity index (χ2n) is 7.68. The molecule has 1 saturated carbocycles. The van der Waals surface area contributed by atoms with Gasteiger partial charge < -0.3 is 4.42 Å². The normalized spacial score (nSPS) is 15.8. The van der Waals surface area contributed by atoms with Crippen molar-refractivity contribution in [1.82, 2.24) is 30.1 Å². The van der Waals surface area contributed by atoms with Crippen molar-refractivity contribution < 1.29 is 4.42 Å². The second kappa shape index (κ2) is 8.89. The maximum absolute atomic E-state index is 5.70. The first-order valence-electron chi connectivity index (χ1n) is 10.3. The van der Waals surface area contributed by atoms with Crippen molar-refractivity contribution in [2.45, 2.75) is 50.9 Å². The fourth-order valence-electron chi connectivity index (χ4n) is 4.27. The van der Waals surface area contributed by atoms with Gasteiger partial charge in [-0.1, -0.05) is 25.0 Å². The van der Waals surface area contributed by atoms with Crippen molar-refractivity contribution in [3.8, 4) is 0 Å². The fraction of sp³-hybridized carbons (Fsp3) is 0.364. The number of thiophene rings is 1. The zero-order valence-corrected chi connectivity index (χ0v) is 17.5. The summed E-state index contributed by atoms with van der Waals surface area (Å²) in [5, 5.41) is 15.1. The summed E-state index contributed by atoms with van der Waals surface area (Å²) < 4.78 is 7.77. The molecule has 1 aliphatic carbocycles. The molecule has 0 N–H and O–H groups in total. The van der Waals surface area contributed by atoms with Gasteiger partial charge in [-0.2, -0.15) is 0 Å². The van der Waals surface area contributed by atoms with Crippen LogP contribution in [-0.4, -0.2) is 30.1 Å². The van der Waals surface area contributed by atoms with Crippen molar-refractivity contribution in [1.29, 1.82) is 0 Å². The molecule has 5 rings (SSSR count). The number of hydrogen-bond donors (Lipinski definition) is 0. The van der Waals surface area contributed by atoms with E-state index >= 15 is 0 Å². The van der Waals surface area contributed by atoms with Gasteiger partial charge in [-0.15, -0.1) is 16.4 Å². The number of nitrogens with zero attached hydrogens (tertiary/aromatic N) is 6. The van der Waals surface area contributed by atoms with Gasteiger partial charge in [0.2, 0.25) is 0 Å². The molecule has 4 heterocycles. The first-order valence-corrected chi connectivity index (χ1v) is 11.2. The molecule has 0 saturated heterocycles. The summed E-state index contributed by atoms with van der Waals surface area (Å²) in [7, 11) is 0. The van der Waals surface area contributed by atoms with E-state index in [1.165, 1.54) is 17.7 Å². The molecule has 154 valence electrons. The summed E-state index contributed by atoms with van der Waals surface area (Å²) in [4.78, 5) is 7.90. The maximum atomic E-state index is 5.70. The van der Waals surface area contributed by atoms with Crippen LogP contribution in [0.25, 0.3) is 0 Å². The number of hydrogen-bond acceptors (Lipinski definition) is 7. The Hall–Kier alpha value is -2.84. The molecule has 1 fully saturated rings. The molecule has 4 aromatic rings. The van der Waals surface area contributed by atoms with Crippen molar-refractivity contribution in [3.05, 3.63) is 82.5 Å². The lowest BCUT2D eigenvalue weighted by molar-refractivity contribution is 0.179. The van der Waals surface area contributed by atoms with Crippen molar-refractivity contribution in [2.75, 3.05) is 0 Å². The number of pyridine rings is 1. The van der Waals surface area contributed by atoms with Crippen LogP contribution in [0.15, 0.2) is 64.9 Å². The Kier molecular flexibility index (Phi) is 5.67. The quantitative estimate of drug-likeness (QED) is 0.414. The highest BCUT2D eigenvalue weighted by Crippen LogP contribution is 2.36. The molecule has 0 unspecified atom stereocenters. The third kappa shape index (κ3) is 4.06. The van der Waals surface area contributed by atoms with E-state index in [0.29, 0.717) is 19.1 Å². The Balaban J connectivity index is 1.56. The van der Waals surface area contributed by atoms with Gasteiger partial charge in [0.1, 0.15) is 11.8 Å². The van der Waals surface area contributed by atoms with Crippen LogP contribution < -0.4 is 0 Å². The fourth-order valence-corrected chi connectivity index (χ4v) is 5.13. The van der Waals surface area contributed by atoms with Crippen LogP contribution in [0.1, 0.15) is 59.8 Å². The van der Waals surface area contributed by atoms with Gasteiger partial charge in [0.05, 0.1) is 18.8 Å². The number of rotatable bonds is 8. The zero-order valence-electron chi connectivity index (χ0n) is 16.7. The van der Waals surface area contributed by atoms with Crippen molar-refractivity contribution >= 4 is 11.3 Å². The highest BCUT2D eigenvalue weighted by molar-refractivity contribution is 7.10. The van der Waals surface area contributed by atoms with E-state index in [1.807, 2.05) is 24.4 Å². The molecular formula is C22H24N6OS. The third-order valence-corrected chi connectivity index (χ3v) is 6.58. The van der Waals surface area contributed by atoms with Crippen LogP contribution in [0.4, 0.5) is 0 Å². The molecule has 8 heteroatoms. The number of tetrazole rings is 1. The zero-order chi connectivity index (χ0) is 20.2. The van der Waals surface area contributed by atoms with Crippen LogP contribution >= 0.6 is 11.3 Å². The Morgan fingerprint density at radius 2 is 2.07 bits per heavy atom.